The van der Waals surface area contributed by atoms with Gasteiger partial charge in [-0.15, -0.1) is 0 Å². The van der Waals surface area contributed by atoms with Gasteiger partial charge in [-0.05, 0) is 43.0 Å². The standard InChI is InChI=1S/C41H49N5O7/c1-4-42-40(50)45-53-30-37(48)43-35(39(49)46(28-31-19-11-7-12-20-31)29-38(51-5-2)52-6-3)27-36(47)44-41(32-21-13-8-14-22-32,33-23-15-9-16-24-33)34-25-17-10-18-26-34/h7-26,35,38H,4-6,27-30H2,1-3H3,(H,43,48)(H,44,47)(H2,42,45,50). The monoisotopic (exact) mass is 723 g/mol. The quantitative estimate of drug-likeness (QED) is 0.0590. The molecule has 0 aliphatic heterocycles. The summed E-state index contributed by atoms with van der Waals surface area (Å²) in [6.07, 6.45) is -1.18. The van der Waals surface area contributed by atoms with E-state index < -0.39 is 54.7 Å². The highest BCUT2D eigenvalue weighted by molar-refractivity contribution is 5.93. The molecule has 0 saturated heterocycles. The van der Waals surface area contributed by atoms with Crippen molar-refractivity contribution in [2.24, 2.45) is 0 Å². The van der Waals surface area contributed by atoms with E-state index in [2.05, 4.69) is 21.4 Å². The summed E-state index contributed by atoms with van der Waals surface area (Å²) < 4.78 is 11.6. The molecule has 5 amide bonds. The number of nitrogens with zero attached hydrogens (tertiary/aromatic N) is 1. The van der Waals surface area contributed by atoms with E-state index in [1.165, 1.54) is 4.90 Å². The fourth-order valence-electron chi connectivity index (χ4n) is 5.99. The highest BCUT2D eigenvalue weighted by Crippen LogP contribution is 2.37. The number of hydrogen-bond acceptors (Lipinski definition) is 7. The summed E-state index contributed by atoms with van der Waals surface area (Å²) >= 11 is 0. The van der Waals surface area contributed by atoms with Crippen LogP contribution in [0.5, 0.6) is 0 Å². The molecular weight excluding hydrogens is 674 g/mol. The van der Waals surface area contributed by atoms with Gasteiger partial charge in [0.05, 0.1) is 13.0 Å². The van der Waals surface area contributed by atoms with Crippen LogP contribution in [0.3, 0.4) is 0 Å². The van der Waals surface area contributed by atoms with Gasteiger partial charge in [-0.2, -0.15) is 0 Å². The van der Waals surface area contributed by atoms with Crippen molar-refractivity contribution in [2.75, 3.05) is 32.9 Å². The lowest BCUT2D eigenvalue weighted by Crippen LogP contribution is -2.55. The van der Waals surface area contributed by atoms with Crippen molar-refractivity contribution in [2.45, 2.75) is 51.6 Å². The van der Waals surface area contributed by atoms with Gasteiger partial charge >= 0.3 is 6.03 Å². The molecule has 4 aromatic rings. The molecule has 0 fully saturated rings. The van der Waals surface area contributed by atoms with Gasteiger partial charge in [-0.1, -0.05) is 121 Å². The van der Waals surface area contributed by atoms with E-state index in [0.29, 0.717) is 19.8 Å². The third-order valence-corrected chi connectivity index (χ3v) is 8.28. The lowest BCUT2D eigenvalue weighted by molar-refractivity contribution is -0.161. The summed E-state index contributed by atoms with van der Waals surface area (Å²) in [4.78, 5) is 60.8. The van der Waals surface area contributed by atoms with E-state index in [1.807, 2.05) is 135 Å². The molecular formula is C41H49N5O7. The second-order valence-corrected chi connectivity index (χ2v) is 12.0. The van der Waals surface area contributed by atoms with Gasteiger partial charge < -0.3 is 30.3 Å². The van der Waals surface area contributed by atoms with Crippen LogP contribution in [0.4, 0.5) is 4.79 Å². The summed E-state index contributed by atoms with van der Waals surface area (Å²) in [5.41, 5.74) is 4.19. The lowest BCUT2D eigenvalue weighted by atomic mass is 9.77. The van der Waals surface area contributed by atoms with Gasteiger partial charge in [0, 0.05) is 26.3 Å². The zero-order valence-electron chi connectivity index (χ0n) is 30.5. The number of nitrogens with one attached hydrogen (secondary N) is 4. The lowest BCUT2D eigenvalue weighted by Gasteiger charge is -2.37. The number of urea groups is 1. The van der Waals surface area contributed by atoms with Gasteiger partial charge in [0.2, 0.25) is 17.7 Å². The highest BCUT2D eigenvalue weighted by atomic mass is 16.7. The van der Waals surface area contributed by atoms with E-state index in [1.54, 1.807) is 6.92 Å². The second-order valence-electron chi connectivity index (χ2n) is 12.0. The van der Waals surface area contributed by atoms with Crippen molar-refractivity contribution in [1.29, 1.82) is 0 Å². The molecule has 0 aromatic heterocycles. The average molecular weight is 724 g/mol. The molecule has 12 heteroatoms. The Bertz CT molecular complexity index is 1610. The first kappa shape index (κ1) is 40.2. The zero-order valence-corrected chi connectivity index (χ0v) is 30.5. The van der Waals surface area contributed by atoms with Crippen LogP contribution in [0.2, 0.25) is 0 Å². The van der Waals surface area contributed by atoms with Crippen LogP contribution in [-0.4, -0.2) is 73.9 Å². The van der Waals surface area contributed by atoms with Gasteiger partial charge in [-0.3, -0.25) is 19.2 Å². The fourth-order valence-corrected chi connectivity index (χ4v) is 5.99. The van der Waals surface area contributed by atoms with Crippen molar-refractivity contribution in [1.82, 2.24) is 26.3 Å². The number of rotatable bonds is 20. The minimum Gasteiger partial charge on any atom is -0.351 e. The Kier molecular flexibility index (Phi) is 16.0. The molecule has 12 nitrogen and oxygen atoms in total. The summed E-state index contributed by atoms with van der Waals surface area (Å²) in [5.74, 6) is -1.77. The number of hydroxylamine groups is 1. The Balaban J connectivity index is 1.72. The molecule has 0 aliphatic carbocycles. The Morgan fingerprint density at radius 2 is 1.17 bits per heavy atom. The van der Waals surface area contributed by atoms with Crippen molar-refractivity contribution in [3.8, 4) is 0 Å². The van der Waals surface area contributed by atoms with Crippen LogP contribution in [0.25, 0.3) is 0 Å². The number of hydrogen-bond donors (Lipinski definition) is 4. The number of amides is 5. The summed E-state index contributed by atoms with van der Waals surface area (Å²) in [5, 5.41) is 8.47. The van der Waals surface area contributed by atoms with Crippen molar-refractivity contribution in [3.05, 3.63) is 144 Å². The van der Waals surface area contributed by atoms with Crippen LogP contribution < -0.4 is 21.4 Å². The number of benzene rings is 4. The van der Waals surface area contributed by atoms with Crippen LogP contribution in [0, 0.1) is 0 Å². The number of carbonyl (C=O) groups is 4. The summed E-state index contributed by atoms with van der Waals surface area (Å²) in [6.45, 7) is 6.01. The number of ether oxygens (including phenoxy) is 2. The SMILES string of the molecule is CCNC(=O)NOCC(=O)NC(CC(=O)NC(c1ccccc1)(c1ccccc1)c1ccccc1)C(=O)N(Cc1ccccc1)CC(OCC)OCC. The predicted molar refractivity (Wildman–Crippen MR) is 201 cm³/mol. The average Bonchev–Trinajstić information content (AvgIpc) is 3.18. The molecule has 0 radical (unpaired) electrons. The normalized spacial score (nSPS) is 11.7. The maximum atomic E-state index is 14.6. The number of carbonyl (C=O) groups excluding carboxylic acids is 4. The third kappa shape index (κ3) is 11.7. The Morgan fingerprint density at radius 3 is 1.64 bits per heavy atom. The molecule has 53 heavy (non-hydrogen) atoms. The highest BCUT2D eigenvalue weighted by Gasteiger charge is 2.39. The first-order valence-electron chi connectivity index (χ1n) is 17.8. The van der Waals surface area contributed by atoms with Crippen LogP contribution in [0.1, 0.15) is 49.4 Å². The van der Waals surface area contributed by atoms with Crippen LogP contribution >= 0.6 is 0 Å². The zero-order chi connectivity index (χ0) is 37.9. The minimum atomic E-state index is -1.34. The van der Waals surface area contributed by atoms with E-state index in [-0.39, 0.29) is 13.1 Å². The Labute approximate surface area is 311 Å². The molecule has 1 atom stereocenters. The van der Waals surface area contributed by atoms with Crippen molar-refractivity contribution >= 4 is 23.8 Å². The molecule has 4 rings (SSSR count). The fraction of sp³-hybridized carbons (Fsp3) is 0.317. The second kappa shape index (κ2) is 21.1. The summed E-state index contributed by atoms with van der Waals surface area (Å²) in [7, 11) is 0. The first-order chi connectivity index (χ1) is 25.8. The van der Waals surface area contributed by atoms with Crippen LogP contribution in [0.15, 0.2) is 121 Å². The molecule has 0 spiro atoms. The Morgan fingerprint density at radius 1 is 0.679 bits per heavy atom. The minimum absolute atomic E-state index is 0.0284. The molecule has 4 N–H and O–H groups in total. The maximum Gasteiger partial charge on any atom is 0.338 e. The molecule has 280 valence electrons. The molecule has 0 saturated carbocycles. The van der Waals surface area contributed by atoms with E-state index in [0.717, 1.165) is 22.3 Å². The molecule has 0 heterocycles. The van der Waals surface area contributed by atoms with Crippen molar-refractivity contribution < 1.29 is 33.5 Å². The third-order valence-electron chi connectivity index (χ3n) is 8.28. The Hall–Kier alpha value is -5.56. The van der Waals surface area contributed by atoms with Gasteiger partial charge in [0.15, 0.2) is 12.9 Å². The predicted octanol–water partition coefficient (Wildman–Crippen LogP) is 4.65. The largest absolute Gasteiger partial charge is 0.351 e. The molecule has 0 aliphatic rings. The van der Waals surface area contributed by atoms with Gasteiger partial charge in [0.1, 0.15) is 11.6 Å². The van der Waals surface area contributed by atoms with Gasteiger partial charge in [-0.25, -0.2) is 10.3 Å². The molecule has 4 aromatic carbocycles. The van der Waals surface area contributed by atoms with Crippen LogP contribution in [-0.2, 0) is 40.8 Å². The van der Waals surface area contributed by atoms with Gasteiger partial charge in [0.25, 0.3) is 0 Å². The first-order valence-corrected chi connectivity index (χ1v) is 17.8. The topological polar surface area (TPSA) is 147 Å². The smallest absolute Gasteiger partial charge is 0.338 e. The molecule has 1 unspecified atom stereocenters. The molecule has 0 bridgehead atoms. The van der Waals surface area contributed by atoms with Crippen molar-refractivity contribution in [3.63, 3.8) is 0 Å². The van der Waals surface area contributed by atoms with E-state index in [4.69, 9.17) is 14.3 Å². The maximum absolute atomic E-state index is 14.6. The summed E-state index contributed by atoms with van der Waals surface area (Å²) in [6, 6.07) is 36.1. The van der Waals surface area contributed by atoms with E-state index >= 15 is 0 Å². The van der Waals surface area contributed by atoms with E-state index in [9.17, 15) is 19.2 Å².